The summed E-state index contributed by atoms with van der Waals surface area (Å²) in [6, 6.07) is 12.0. The Kier molecular flexibility index (Phi) is 4.60. The SMILES string of the molecule is CCNC(=O)Nc1nc2cc(-c3cccnc3)cc(-c3cccn3C)c2s1. The number of carbonyl (C=O) groups excluding carboxylic acids is 1. The number of nitrogens with zero attached hydrogens (tertiary/aromatic N) is 3. The number of thiazole rings is 1. The zero-order valence-electron chi connectivity index (χ0n) is 15.1. The highest BCUT2D eigenvalue weighted by molar-refractivity contribution is 7.22. The van der Waals surface area contributed by atoms with Gasteiger partial charge in [0.1, 0.15) is 0 Å². The molecule has 0 saturated heterocycles. The molecule has 0 aliphatic heterocycles. The highest BCUT2D eigenvalue weighted by Gasteiger charge is 2.15. The molecule has 0 spiro atoms. The number of fused-ring (bicyclic) bond motifs is 1. The number of rotatable bonds is 4. The van der Waals surface area contributed by atoms with Crippen LogP contribution in [0.25, 0.3) is 32.6 Å². The average Bonchev–Trinajstić information content (AvgIpc) is 3.27. The molecule has 7 heteroatoms. The summed E-state index contributed by atoms with van der Waals surface area (Å²) in [5.41, 5.74) is 5.10. The summed E-state index contributed by atoms with van der Waals surface area (Å²) in [5.74, 6) is 0. The Hall–Kier alpha value is -3.19. The lowest BCUT2D eigenvalue weighted by atomic mass is 10.0. The fourth-order valence-electron chi connectivity index (χ4n) is 3.02. The summed E-state index contributed by atoms with van der Waals surface area (Å²) in [6.45, 7) is 2.45. The van der Waals surface area contributed by atoms with Crippen LogP contribution in [0.1, 0.15) is 6.92 Å². The summed E-state index contributed by atoms with van der Waals surface area (Å²) >= 11 is 1.48. The minimum Gasteiger partial charge on any atom is -0.351 e. The van der Waals surface area contributed by atoms with E-state index in [4.69, 9.17) is 0 Å². The molecule has 27 heavy (non-hydrogen) atoms. The number of nitrogens with one attached hydrogen (secondary N) is 2. The molecule has 0 unspecified atom stereocenters. The van der Waals surface area contributed by atoms with Gasteiger partial charge in [-0.15, -0.1) is 0 Å². The van der Waals surface area contributed by atoms with Crippen molar-refractivity contribution in [1.29, 1.82) is 0 Å². The molecule has 4 rings (SSSR count). The Bertz CT molecular complexity index is 1100. The van der Waals surface area contributed by atoms with E-state index >= 15 is 0 Å². The van der Waals surface area contributed by atoms with Crippen LogP contribution in [0.2, 0.25) is 0 Å². The molecule has 0 aliphatic carbocycles. The third kappa shape index (κ3) is 3.41. The number of pyridine rings is 1. The number of benzene rings is 1. The maximum absolute atomic E-state index is 11.9. The van der Waals surface area contributed by atoms with Gasteiger partial charge >= 0.3 is 6.03 Å². The van der Waals surface area contributed by atoms with Crippen LogP contribution in [0.15, 0.2) is 55.0 Å². The molecule has 0 fully saturated rings. The summed E-state index contributed by atoms with van der Waals surface area (Å²) in [4.78, 5) is 20.7. The largest absolute Gasteiger partial charge is 0.351 e. The Labute approximate surface area is 160 Å². The van der Waals surface area contributed by atoms with Gasteiger partial charge in [-0.3, -0.25) is 10.3 Å². The monoisotopic (exact) mass is 377 g/mol. The summed E-state index contributed by atoms with van der Waals surface area (Å²) in [6.07, 6.45) is 5.63. The fraction of sp³-hybridized carbons (Fsp3) is 0.150. The Morgan fingerprint density at radius 2 is 2.11 bits per heavy atom. The van der Waals surface area contributed by atoms with Crippen molar-refractivity contribution in [2.45, 2.75) is 6.92 Å². The molecule has 3 heterocycles. The third-order valence-corrected chi connectivity index (χ3v) is 5.28. The van der Waals surface area contributed by atoms with Crippen molar-refractivity contribution in [2.75, 3.05) is 11.9 Å². The standard InChI is InChI=1S/C20H19N5OS/c1-3-22-19(26)24-20-23-16-11-14(13-6-4-8-21-12-13)10-15(18(16)27-20)17-7-5-9-25(17)2/h4-12H,3H2,1-2H3,(H2,22,23,24,26). The van der Waals surface area contributed by atoms with E-state index in [2.05, 4.69) is 37.3 Å². The van der Waals surface area contributed by atoms with Crippen LogP contribution >= 0.6 is 11.3 Å². The molecule has 6 nitrogen and oxygen atoms in total. The van der Waals surface area contributed by atoms with E-state index in [1.165, 1.54) is 11.3 Å². The van der Waals surface area contributed by atoms with Crippen molar-refractivity contribution in [3.63, 3.8) is 0 Å². The first-order chi connectivity index (χ1) is 13.2. The molecule has 136 valence electrons. The van der Waals surface area contributed by atoms with E-state index in [0.29, 0.717) is 11.7 Å². The minimum atomic E-state index is -0.246. The highest BCUT2D eigenvalue weighted by atomic mass is 32.1. The topological polar surface area (TPSA) is 71.8 Å². The molecule has 3 aromatic heterocycles. The average molecular weight is 377 g/mol. The van der Waals surface area contributed by atoms with Gasteiger partial charge in [0.2, 0.25) is 0 Å². The second-order valence-corrected chi connectivity index (χ2v) is 7.12. The zero-order valence-corrected chi connectivity index (χ0v) is 15.9. The van der Waals surface area contributed by atoms with E-state index in [1.54, 1.807) is 6.20 Å². The quantitative estimate of drug-likeness (QED) is 0.550. The Morgan fingerprint density at radius 1 is 1.22 bits per heavy atom. The van der Waals surface area contributed by atoms with Crippen molar-refractivity contribution in [3.8, 4) is 22.4 Å². The van der Waals surface area contributed by atoms with Crippen molar-refractivity contribution in [2.24, 2.45) is 7.05 Å². The van der Waals surface area contributed by atoms with Gasteiger partial charge in [0.15, 0.2) is 5.13 Å². The second kappa shape index (κ2) is 7.20. The third-order valence-electron chi connectivity index (χ3n) is 4.26. The van der Waals surface area contributed by atoms with Crippen molar-refractivity contribution in [1.82, 2.24) is 19.9 Å². The van der Waals surface area contributed by atoms with Gasteiger partial charge in [0.05, 0.1) is 10.2 Å². The van der Waals surface area contributed by atoms with Crippen LogP contribution in [0.5, 0.6) is 0 Å². The zero-order chi connectivity index (χ0) is 18.8. The van der Waals surface area contributed by atoms with Crippen LogP contribution in [-0.4, -0.2) is 27.1 Å². The van der Waals surface area contributed by atoms with E-state index in [9.17, 15) is 4.79 Å². The van der Waals surface area contributed by atoms with Crippen molar-refractivity contribution in [3.05, 3.63) is 55.0 Å². The molecular formula is C20H19N5OS. The Morgan fingerprint density at radius 3 is 2.81 bits per heavy atom. The smallest absolute Gasteiger partial charge is 0.321 e. The molecule has 0 saturated carbocycles. The number of aryl methyl sites for hydroxylation is 1. The lowest BCUT2D eigenvalue weighted by molar-refractivity contribution is 0.252. The fourth-order valence-corrected chi connectivity index (χ4v) is 3.98. The molecule has 0 bridgehead atoms. The number of aromatic nitrogens is 3. The van der Waals surface area contributed by atoms with Gasteiger partial charge < -0.3 is 9.88 Å². The Balaban J connectivity index is 1.88. The molecular weight excluding hydrogens is 358 g/mol. The highest BCUT2D eigenvalue weighted by Crippen LogP contribution is 2.38. The summed E-state index contributed by atoms with van der Waals surface area (Å²) in [5, 5.41) is 6.13. The van der Waals surface area contributed by atoms with Crippen LogP contribution in [0.3, 0.4) is 0 Å². The molecule has 2 amide bonds. The van der Waals surface area contributed by atoms with E-state index in [1.807, 2.05) is 50.6 Å². The van der Waals surface area contributed by atoms with Gasteiger partial charge in [0.25, 0.3) is 0 Å². The maximum Gasteiger partial charge on any atom is 0.321 e. The van der Waals surface area contributed by atoms with Gasteiger partial charge in [-0.2, -0.15) is 0 Å². The number of hydrogen-bond donors (Lipinski definition) is 2. The lowest BCUT2D eigenvalue weighted by Crippen LogP contribution is -2.28. The van der Waals surface area contributed by atoms with Gasteiger partial charge in [-0.25, -0.2) is 9.78 Å². The first-order valence-corrected chi connectivity index (χ1v) is 9.49. The first kappa shape index (κ1) is 17.2. The second-order valence-electron chi connectivity index (χ2n) is 6.12. The lowest BCUT2D eigenvalue weighted by Gasteiger charge is -2.08. The van der Waals surface area contributed by atoms with Gasteiger partial charge in [-0.1, -0.05) is 17.4 Å². The van der Waals surface area contributed by atoms with E-state index < -0.39 is 0 Å². The number of urea groups is 1. The number of hydrogen-bond acceptors (Lipinski definition) is 4. The van der Waals surface area contributed by atoms with Crippen molar-refractivity contribution < 1.29 is 4.79 Å². The summed E-state index contributed by atoms with van der Waals surface area (Å²) < 4.78 is 3.12. The normalized spacial score (nSPS) is 10.9. The molecule has 0 atom stereocenters. The molecule has 1 aromatic carbocycles. The predicted octanol–water partition coefficient (Wildman–Crippen LogP) is 4.51. The molecule has 4 aromatic rings. The van der Waals surface area contributed by atoms with Crippen LogP contribution in [0.4, 0.5) is 9.93 Å². The van der Waals surface area contributed by atoms with E-state index in [0.717, 1.165) is 32.6 Å². The predicted molar refractivity (Wildman–Crippen MR) is 110 cm³/mol. The maximum atomic E-state index is 11.9. The van der Waals surface area contributed by atoms with Crippen molar-refractivity contribution >= 4 is 32.7 Å². The van der Waals surface area contributed by atoms with Crippen LogP contribution in [-0.2, 0) is 7.05 Å². The molecule has 2 N–H and O–H groups in total. The number of carbonyl (C=O) groups is 1. The van der Waals surface area contributed by atoms with Crippen LogP contribution < -0.4 is 10.6 Å². The van der Waals surface area contributed by atoms with Crippen LogP contribution in [0, 0.1) is 0 Å². The number of anilines is 1. The molecule has 0 aliphatic rings. The van der Waals surface area contributed by atoms with E-state index in [-0.39, 0.29) is 6.03 Å². The van der Waals surface area contributed by atoms with Gasteiger partial charge in [-0.05, 0) is 42.8 Å². The van der Waals surface area contributed by atoms with Gasteiger partial charge in [0, 0.05) is 49.0 Å². The summed E-state index contributed by atoms with van der Waals surface area (Å²) in [7, 11) is 2.02. The number of amides is 2. The first-order valence-electron chi connectivity index (χ1n) is 8.67. The minimum absolute atomic E-state index is 0.246. The molecule has 0 radical (unpaired) electrons.